The van der Waals surface area contributed by atoms with Crippen LogP contribution in [0.3, 0.4) is 0 Å². The highest BCUT2D eigenvalue weighted by Crippen LogP contribution is 2.26. The molecular formula is C38H50N10O4. The number of aryl methyl sites for hydroxylation is 2. The molecule has 52 heavy (non-hydrogen) atoms. The zero-order valence-corrected chi connectivity index (χ0v) is 30.3. The van der Waals surface area contributed by atoms with E-state index in [4.69, 9.17) is 22.3 Å². The average Bonchev–Trinajstić information content (AvgIpc) is 3.68. The van der Waals surface area contributed by atoms with E-state index in [1.807, 2.05) is 33.4 Å². The molecule has 0 aliphatic rings. The van der Waals surface area contributed by atoms with Crippen LogP contribution in [0.2, 0.25) is 0 Å². The van der Waals surface area contributed by atoms with E-state index >= 15 is 0 Å². The minimum Gasteiger partial charge on any atom is -0.388 e. The molecule has 2 heterocycles. The Kier molecular flexibility index (Phi) is 13.3. The molecule has 2 aromatic heterocycles. The van der Waals surface area contributed by atoms with Crippen molar-refractivity contribution in [3.63, 3.8) is 0 Å². The second-order valence-corrected chi connectivity index (χ2v) is 13.8. The maximum atomic E-state index is 13.6. The quantitative estimate of drug-likeness (QED) is 0.0433. The molecule has 4 amide bonds. The Balaban J connectivity index is 1.51. The van der Waals surface area contributed by atoms with Gasteiger partial charge >= 0.3 is 0 Å². The first-order valence-corrected chi connectivity index (χ1v) is 17.5. The first kappa shape index (κ1) is 38.9. The normalized spacial score (nSPS) is 11.1. The molecule has 0 saturated carbocycles. The molecule has 0 saturated heterocycles. The molecule has 14 nitrogen and oxygen atoms in total. The van der Waals surface area contributed by atoms with E-state index in [1.165, 1.54) is 0 Å². The van der Waals surface area contributed by atoms with Crippen LogP contribution >= 0.6 is 0 Å². The number of nitrogens with zero attached hydrogens (tertiary/aromatic N) is 2. The van der Waals surface area contributed by atoms with Crippen molar-refractivity contribution < 1.29 is 19.2 Å². The van der Waals surface area contributed by atoms with Gasteiger partial charge in [-0.3, -0.25) is 30.0 Å². The predicted octanol–water partition coefficient (Wildman–Crippen LogP) is 6.35. The maximum Gasteiger partial charge on any atom is 0.272 e. The highest BCUT2D eigenvalue weighted by molar-refractivity contribution is 6.07. The summed E-state index contributed by atoms with van der Waals surface area (Å²) in [7, 11) is 0. The van der Waals surface area contributed by atoms with Crippen LogP contribution in [-0.2, 0) is 22.7 Å². The van der Waals surface area contributed by atoms with Gasteiger partial charge in [-0.15, -0.1) is 0 Å². The fourth-order valence-electron chi connectivity index (χ4n) is 5.44. The Morgan fingerprint density at radius 1 is 0.577 bits per heavy atom. The van der Waals surface area contributed by atoms with E-state index in [1.54, 1.807) is 36.7 Å². The van der Waals surface area contributed by atoms with Gasteiger partial charge in [0, 0.05) is 62.5 Å². The summed E-state index contributed by atoms with van der Waals surface area (Å²) in [6.45, 7) is 9.56. The lowest BCUT2D eigenvalue weighted by molar-refractivity contribution is -0.116. The van der Waals surface area contributed by atoms with Crippen molar-refractivity contribution in [3.05, 3.63) is 72.3 Å². The zero-order chi connectivity index (χ0) is 37.9. The second kappa shape index (κ2) is 17.8. The fraction of sp³-hybridized carbons (Fsp3) is 0.368. The Bertz CT molecular complexity index is 1820. The Labute approximate surface area is 303 Å². The molecule has 0 spiro atoms. The number of anilines is 4. The lowest BCUT2D eigenvalue weighted by Crippen LogP contribution is -2.17. The highest BCUT2D eigenvalue weighted by Gasteiger charge is 2.18. The van der Waals surface area contributed by atoms with Gasteiger partial charge in [0.1, 0.15) is 11.4 Å². The molecule has 0 unspecified atom stereocenters. The third-order valence-corrected chi connectivity index (χ3v) is 8.32. The molecule has 0 aliphatic carbocycles. The van der Waals surface area contributed by atoms with E-state index in [2.05, 4.69) is 49.0 Å². The van der Waals surface area contributed by atoms with Gasteiger partial charge in [0.25, 0.3) is 11.8 Å². The number of aromatic nitrogens is 2. The largest absolute Gasteiger partial charge is 0.388 e. The molecule has 4 aromatic rings. The van der Waals surface area contributed by atoms with Crippen LogP contribution in [0.25, 0.3) is 10.8 Å². The zero-order valence-electron chi connectivity index (χ0n) is 30.3. The molecule has 0 atom stereocenters. The van der Waals surface area contributed by atoms with Crippen molar-refractivity contribution in [2.75, 3.05) is 21.3 Å². The van der Waals surface area contributed by atoms with Crippen LogP contribution in [0.1, 0.15) is 87.2 Å². The number of hydrogen-bond donors (Lipinski definition) is 8. The Morgan fingerprint density at radius 3 is 1.35 bits per heavy atom. The first-order chi connectivity index (χ1) is 24.7. The molecule has 0 bridgehead atoms. The standard InChI is InChI=1S/C38H50N10O4/c1-23(2)13-15-47-21-29(43-35(49)11-9-33(39)40)19-31(47)37(51)45-27-7-5-25-6-8-28(18-26(25)17-27)46-38(52)32-20-30(22-48(32)16-14-24(3)4)44-36(50)12-10-34(41)42/h5-8,17-24H,9-16H2,1-4H3,(H3,39,40)(H3,41,42)(H,43,49)(H,44,50)(H,45,51)(H,46,52). The van der Waals surface area contributed by atoms with Gasteiger partial charge in [0.2, 0.25) is 11.8 Å². The van der Waals surface area contributed by atoms with Crippen molar-refractivity contribution in [1.29, 1.82) is 10.8 Å². The lowest BCUT2D eigenvalue weighted by atomic mass is 10.1. The van der Waals surface area contributed by atoms with Crippen molar-refractivity contribution in [3.8, 4) is 0 Å². The molecule has 276 valence electrons. The number of fused-ring (bicyclic) bond motifs is 1. The van der Waals surface area contributed by atoms with Crippen LogP contribution < -0.4 is 32.7 Å². The molecule has 0 fully saturated rings. The second-order valence-electron chi connectivity index (χ2n) is 13.8. The summed E-state index contributed by atoms with van der Waals surface area (Å²) in [6.07, 6.45) is 5.58. The maximum absolute atomic E-state index is 13.6. The van der Waals surface area contributed by atoms with Crippen molar-refractivity contribution in [2.45, 2.75) is 79.3 Å². The summed E-state index contributed by atoms with van der Waals surface area (Å²) >= 11 is 0. The van der Waals surface area contributed by atoms with Crippen LogP contribution in [0, 0.1) is 22.7 Å². The van der Waals surface area contributed by atoms with E-state index in [9.17, 15) is 19.2 Å². The number of carbonyl (C=O) groups is 4. The molecule has 2 aromatic carbocycles. The predicted molar refractivity (Wildman–Crippen MR) is 207 cm³/mol. The lowest BCUT2D eigenvalue weighted by Gasteiger charge is -2.13. The first-order valence-electron chi connectivity index (χ1n) is 17.5. The summed E-state index contributed by atoms with van der Waals surface area (Å²) in [5, 5.41) is 28.0. The number of benzene rings is 2. The molecule has 0 radical (unpaired) electrons. The van der Waals surface area contributed by atoms with E-state index in [-0.39, 0.29) is 61.0 Å². The van der Waals surface area contributed by atoms with Gasteiger partial charge in [-0.1, -0.05) is 39.8 Å². The fourth-order valence-corrected chi connectivity index (χ4v) is 5.44. The Morgan fingerprint density at radius 2 is 0.981 bits per heavy atom. The van der Waals surface area contributed by atoms with Crippen LogP contribution in [0.15, 0.2) is 60.9 Å². The summed E-state index contributed by atoms with van der Waals surface area (Å²) in [5.41, 5.74) is 13.6. The van der Waals surface area contributed by atoms with Crippen LogP contribution in [0.4, 0.5) is 22.7 Å². The van der Waals surface area contributed by atoms with Crippen molar-refractivity contribution in [1.82, 2.24) is 9.13 Å². The number of amidine groups is 2. The molecule has 14 heteroatoms. The monoisotopic (exact) mass is 710 g/mol. The van der Waals surface area contributed by atoms with Gasteiger partial charge < -0.3 is 41.9 Å². The van der Waals surface area contributed by atoms with Crippen LogP contribution in [0.5, 0.6) is 0 Å². The molecular weight excluding hydrogens is 660 g/mol. The van der Waals surface area contributed by atoms with Gasteiger partial charge in [-0.25, -0.2) is 0 Å². The van der Waals surface area contributed by atoms with Gasteiger partial charge in [0.05, 0.1) is 23.0 Å². The third kappa shape index (κ3) is 11.6. The number of nitrogens with two attached hydrogens (primary N) is 2. The summed E-state index contributed by atoms with van der Waals surface area (Å²) in [4.78, 5) is 51.9. The third-order valence-electron chi connectivity index (χ3n) is 8.32. The number of rotatable bonds is 18. The Hall–Kier alpha value is -5.92. The molecule has 10 N–H and O–H groups in total. The minimum atomic E-state index is -0.344. The summed E-state index contributed by atoms with van der Waals surface area (Å²) in [6, 6.07) is 14.3. The minimum absolute atomic E-state index is 0.0681. The SMILES string of the molecule is CC(C)CCn1cc(NC(=O)CCC(=N)N)cc1C(=O)Nc1ccc2ccc(NC(=O)c3cc(NC(=O)CCC(=N)N)cn3CCC(C)C)cc2c1. The van der Waals surface area contributed by atoms with Crippen molar-refractivity contribution >= 4 is 68.8 Å². The van der Waals surface area contributed by atoms with Crippen LogP contribution in [-0.4, -0.2) is 44.4 Å². The smallest absolute Gasteiger partial charge is 0.272 e. The van der Waals surface area contributed by atoms with Gasteiger partial charge in [-0.05, 0) is 71.8 Å². The average molecular weight is 711 g/mol. The number of nitrogens with one attached hydrogen (secondary N) is 6. The van der Waals surface area contributed by atoms with Gasteiger partial charge in [0.15, 0.2) is 0 Å². The number of carbonyl (C=O) groups excluding carboxylic acids is 4. The summed E-state index contributed by atoms with van der Waals surface area (Å²) < 4.78 is 3.65. The van der Waals surface area contributed by atoms with E-state index < -0.39 is 0 Å². The number of amides is 4. The summed E-state index contributed by atoms with van der Waals surface area (Å²) in [5.74, 6) is -0.611. The topological polar surface area (TPSA) is 226 Å². The van der Waals surface area contributed by atoms with E-state index in [0.29, 0.717) is 59.1 Å². The van der Waals surface area contributed by atoms with Gasteiger partial charge in [-0.2, -0.15) is 0 Å². The molecule has 0 aliphatic heterocycles. The van der Waals surface area contributed by atoms with Crippen molar-refractivity contribution in [2.24, 2.45) is 23.3 Å². The van der Waals surface area contributed by atoms with E-state index in [0.717, 1.165) is 23.6 Å². The highest BCUT2D eigenvalue weighted by atomic mass is 16.2. The molecule has 4 rings (SSSR count). The number of hydrogen-bond acceptors (Lipinski definition) is 6.